The van der Waals surface area contributed by atoms with Crippen LogP contribution >= 0.6 is 0 Å². The van der Waals surface area contributed by atoms with Crippen molar-refractivity contribution in [3.05, 3.63) is 35.4 Å². The molecule has 11 heavy (non-hydrogen) atoms. The average molecular weight is 157 g/mol. The van der Waals surface area contributed by atoms with Gasteiger partial charge >= 0.3 is 0 Å². The molecule has 0 aliphatic rings. The summed E-state index contributed by atoms with van der Waals surface area (Å²) in [6.45, 7) is 0. The molecular weight excluding hydrogens is 152 g/mol. The molecule has 0 aromatic heterocycles. The third-order valence-corrected chi connectivity index (χ3v) is 1.15. The van der Waals surface area contributed by atoms with Crippen LogP contribution in [0.25, 0.3) is 0 Å². The van der Waals surface area contributed by atoms with E-state index in [1.807, 2.05) is 0 Å². The van der Waals surface area contributed by atoms with Gasteiger partial charge in [0.1, 0.15) is 0 Å². The van der Waals surface area contributed by atoms with Crippen molar-refractivity contribution in [2.45, 2.75) is 0 Å². The quantitative estimate of drug-likeness (QED) is 0.376. The molecule has 0 unspecified atom stereocenters. The minimum absolute atomic E-state index is 0.311. The van der Waals surface area contributed by atoms with Crippen molar-refractivity contribution in [1.82, 2.24) is 0 Å². The molecule has 1 N–H and O–H groups in total. The molecular formula is C7H5F2NO. The van der Waals surface area contributed by atoms with Gasteiger partial charge in [0.25, 0.3) is 0 Å². The Morgan fingerprint density at radius 3 is 2.55 bits per heavy atom. The topological polar surface area (TPSA) is 32.6 Å². The van der Waals surface area contributed by atoms with Gasteiger partial charge in [-0.15, -0.1) is 0 Å². The van der Waals surface area contributed by atoms with Gasteiger partial charge in [0, 0.05) is 0 Å². The maximum atomic E-state index is 12.4. The number of rotatable bonds is 1. The second kappa shape index (κ2) is 3.09. The largest absolute Gasteiger partial charge is 0.411 e. The summed E-state index contributed by atoms with van der Waals surface area (Å²) >= 11 is 0. The first kappa shape index (κ1) is 7.65. The lowest BCUT2D eigenvalue weighted by atomic mass is 10.2. The molecule has 1 aromatic rings. The fourth-order valence-corrected chi connectivity index (χ4v) is 0.659. The fourth-order valence-electron chi connectivity index (χ4n) is 0.659. The molecule has 2 nitrogen and oxygen atoms in total. The van der Waals surface area contributed by atoms with Crippen LogP contribution in [0.5, 0.6) is 0 Å². The summed E-state index contributed by atoms with van der Waals surface area (Å²) in [5.74, 6) is -1.87. The summed E-state index contributed by atoms with van der Waals surface area (Å²) < 4.78 is 24.6. The lowest BCUT2D eigenvalue weighted by Crippen LogP contribution is -1.87. The normalized spacial score (nSPS) is 10.7. The Hall–Kier alpha value is -1.45. The van der Waals surface area contributed by atoms with Crippen LogP contribution in [-0.2, 0) is 0 Å². The summed E-state index contributed by atoms with van der Waals surface area (Å²) in [5.41, 5.74) is 0.311. The Labute approximate surface area is 61.8 Å². The second-order valence-corrected chi connectivity index (χ2v) is 1.92. The fraction of sp³-hybridized carbons (Fsp3) is 0. The SMILES string of the molecule is O/N=C\c1ccc(F)c(F)c1. The number of oxime groups is 1. The van der Waals surface area contributed by atoms with Crippen molar-refractivity contribution in [3.8, 4) is 0 Å². The van der Waals surface area contributed by atoms with Gasteiger partial charge in [-0.2, -0.15) is 0 Å². The van der Waals surface area contributed by atoms with Gasteiger partial charge in [-0.1, -0.05) is 11.2 Å². The van der Waals surface area contributed by atoms with E-state index >= 15 is 0 Å². The Morgan fingerprint density at radius 2 is 2.00 bits per heavy atom. The van der Waals surface area contributed by atoms with Crippen LogP contribution in [0, 0.1) is 11.6 Å². The van der Waals surface area contributed by atoms with E-state index < -0.39 is 11.6 Å². The number of benzene rings is 1. The molecule has 0 bridgehead atoms. The molecule has 0 atom stereocenters. The number of halogens is 2. The maximum absolute atomic E-state index is 12.4. The van der Waals surface area contributed by atoms with Gasteiger partial charge in [-0.3, -0.25) is 0 Å². The summed E-state index contributed by atoms with van der Waals surface area (Å²) in [6.07, 6.45) is 1.02. The average Bonchev–Trinajstić information content (AvgIpc) is 1.98. The standard InChI is InChI=1S/C7H5F2NO/c8-6-2-1-5(4-10-11)3-7(6)9/h1-4,11H/b10-4-. The zero-order chi connectivity index (χ0) is 8.27. The molecule has 0 saturated heterocycles. The summed E-state index contributed by atoms with van der Waals surface area (Å²) in [4.78, 5) is 0. The highest BCUT2D eigenvalue weighted by atomic mass is 19.2. The predicted octanol–water partition coefficient (Wildman–Crippen LogP) is 1.77. The molecule has 0 radical (unpaired) electrons. The van der Waals surface area contributed by atoms with Crippen molar-refractivity contribution >= 4 is 6.21 Å². The van der Waals surface area contributed by atoms with Crippen LogP contribution in [0.4, 0.5) is 8.78 Å². The van der Waals surface area contributed by atoms with Crippen molar-refractivity contribution in [2.24, 2.45) is 5.16 Å². The van der Waals surface area contributed by atoms with Crippen LogP contribution in [0.15, 0.2) is 23.4 Å². The molecule has 0 heterocycles. The number of nitrogens with zero attached hydrogens (tertiary/aromatic N) is 1. The summed E-state index contributed by atoms with van der Waals surface area (Å²) in [6, 6.07) is 3.21. The van der Waals surface area contributed by atoms with E-state index in [1.165, 1.54) is 6.07 Å². The van der Waals surface area contributed by atoms with E-state index in [-0.39, 0.29) is 0 Å². The molecule has 0 aliphatic heterocycles. The first-order valence-electron chi connectivity index (χ1n) is 2.86. The molecule has 0 aliphatic carbocycles. The number of hydrogen-bond donors (Lipinski definition) is 1. The zero-order valence-electron chi connectivity index (χ0n) is 5.46. The van der Waals surface area contributed by atoms with Crippen molar-refractivity contribution in [2.75, 3.05) is 0 Å². The second-order valence-electron chi connectivity index (χ2n) is 1.92. The third-order valence-electron chi connectivity index (χ3n) is 1.15. The van der Waals surface area contributed by atoms with Gasteiger partial charge in [-0.25, -0.2) is 8.78 Å². The summed E-state index contributed by atoms with van der Waals surface area (Å²) in [7, 11) is 0. The molecule has 58 valence electrons. The molecule has 1 aromatic carbocycles. The smallest absolute Gasteiger partial charge is 0.159 e. The van der Waals surface area contributed by atoms with Crippen LogP contribution in [0.3, 0.4) is 0 Å². The Morgan fingerprint density at radius 1 is 1.27 bits per heavy atom. The molecule has 0 spiro atoms. The highest BCUT2D eigenvalue weighted by molar-refractivity contribution is 5.78. The van der Waals surface area contributed by atoms with E-state index in [4.69, 9.17) is 5.21 Å². The Balaban J connectivity index is 3.05. The van der Waals surface area contributed by atoms with Gasteiger partial charge in [0.15, 0.2) is 11.6 Å². The molecule has 1 rings (SSSR count). The van der Waals surface area contributed by atoms with Crippen LogP contribution in [-0.4, -0.2) is 11.4 Å². The first-order valence-corrected chi connectivity index (χ1v) is 2.86. The molecule has 0 saturated carbocycles. The van der Waals surface area contributed by atoms with E-state index in [0.717, 1.165) is 18.3 Å². The van der Waals surface area contributed by atoms with Crippen molar-refractivity contribution < 1.29 is 14.0 Å². The highest BCUT2D eigenvalue weighted by Crippen LogP contribution is 2.06. The maximum Gasteiger partial charge on any atom is 0.159 e. The van der Waals surface area contributed by atoms with Gasteiger partial charge in [0.2, 0.25) is 0 Å². The van der Waals surface area contributed by atoms with E-state index in [0.29, 0.717) is 5.56 Å². The van der Waals surface area contributed by atoms with E-state index in [2.05, 4.69) is 5.16 Å². The highest BCUT2D eigenvalue weighted by Gasteiger charge is 1.99. The van der Waals surface area contributed by atoms with E-state index in [9.17, 15) is 8.78 Å². The van der Waals surface area contributed by atoms with E-state index in [1.54, 1.807) is 0 Å². The van der Waals surface area contributed by atoms with Gasteiger partial charge < -0.3 is 5.21 Å². The van der Waals surface area contributed by atoms with Crippen molar-refractivity contribution in [3.63, 3.8) is 0 Å². The van der Waals surface area contributed by atoms with Crippen LogP contribution in [0.2, 0.25) is 0 Å². The Bertz CT molecular complexity index is 286. The van der Waals surface area contributed by atoms with Crippen molar-refractivity contribution in [1.29, 1.82) is 0 Å². The monoisotopic (exact) mass is 157 g/mol. The lowest BCUT2D eigenvalue weighted by molar-refractivity contribution is 0.322. The molecule has 0 fully saturated rings. The van der Waals surface area contributed by atoms with Crippen LogP contribution in [0.1, 0.15) is 5.56 Å². The molecule has 4 heteroatoms. The summed E-state index contributed by atoms with van der Waals surface area (Å²) in [5, 5.41) is 10.7. The lowest BCUT2D eigenvalue weighted by Gasteiger charge is -1.92. The predicted molar refractivity (Wildman–Crippen MR) is 35.7 cm³/mol. The first-order chi connectivity index (χ1) is 5.24. The minimum atomic E-state index is -0.956. The minimum Gasteiger partial charge on any atom is -0.411 e. The molecule has 0 amide bonds. The Kier molecular flexibility index (Phi) is 2.15. The third kappa shape index (κ3) is 1.73. The zero-order valence-corrected chi connectivity index (χ0v) is 5.46. The van der Waals surface area contributed by atoms with Gasteiger partial charge in [-0.05, 0) is 17.7 Å². The van der Waals surface area contributed by atoms with Gasteiger partial charge in [0.05, 0.1) is 6.21 Å². The van der Waals surface area contributed by atoms with Crippen LogP contribution < -0.4 is 0 Å². The number of hydrogen-bond acceptors (Lipinski definition) is 2.